The molecule has 0 aliphatic heterocycles. The van der Waals surface area contributed by atoms with Crippen LogP contribution in [0, 0.1) is 12.3 Å². The Balaban J connectivity index is 0.00000400. The molecule has 0 radical (unpaired) electrons. The van der Waals surface area contributed by atoms with E-state index >= 15 is 0 Å². The predicted molar refractivity (Wildman–Crippen MR) is 90.1 cm³/mol. The summed E-state index contributed by atoms with van der Waals surface area (Å²) in [6.45, 7) is 6.05. The number of terminal acetylenes is 1. The van der Waals surface area contributed by atoms with Crippen molar-refractivity contribution in [2.45, 2.75) is 32.7 Å². The summed E-state index contributed by atoms with van der Waals surface area (Å²) in [5, 5.41) is 3.40. The van der Waals surface area contributed by atoms with Crippen LogP contribution in [0.2, 0.25) is 0 Å². The third-order valence-corrected chi connectivity index (χ3v) is 2.86. The average Bonchev–Trinajstić information content (AvgIpc) is 2.49. The molecule has 118 valence electrons. The van der Waals surface area contributed by atoms with Crippen molar-refractivity contribution in [3.8, 4) is 18.1 Å². The minimum absolute atomic E-state index is 0. The number of halogens is 1. The van der Waals surface area contributed by atoms with Crippen LogP contribution in [-0.4, -0.2) is 26.4 Å². The molecule has 0 heterocycles. The summed E-state index contributed by atoms with van der Waals surface area (Å²) in [4.78, 5) is 0. The normalized spacial score (nSPS) is 9.71. The molecule has 0 aliphatic rings. The minimum atomic E-state index is 0. The van der Waals surface area contributed by atoms with E-state index in [1.54, 1.807) is 0 Å². The number of unbranched alkanes of at least 4 members (excludes halogenated alkanes) is 1. The summed E-state index contributed by atoms with van der Waals surface area (Å²) in [5.41, 5.74) is 1.24. The summed E-state index contributed by atoms with van der Waals surface area (Å²) in [6.07, 6.45) is 8.54. The van der Waals surface area contributed by atoms with Gasteiger partial charge in [-0.05, 0) is 37.1 Å². The van der Waals surface area contributed by atoms with Crippen molar-refractivity contribution in [2.24, 2.45) is 0 Å². The maximum absolute atomic E-state index is 5.51. The zero-order chi connectivity index (χ0) is 14.5. The summed E-state index contributed by atoms with van der Waals surface area (Å²) >= 11 is 0. The van der Waals surface area contributed by atoms with E-state index in [1.165, 1.54) is 12.0 Å². The number of ether oxygens (including phenoxy) is 2. The lowest BCUT2D eigenvalue weighted by Crippen LogP contribution is -2.16. The number of hydrogen-bond donors (Lipinski definition) is 1. The van der Waals surface area contributed by atoms with Crippen LogP contribution in [0.15, 0.2) is 24.3 Å². The van der Waals surface area contributed by atoms with Gasteiger partial charge in [0.1, 0.15) is 12.4 Å². The van der Waals surface area contributed by atoms with Crippen molar-refractivity contribution in [1.29, 1.82) is 0 Å². The van der Waals surface area contributed by atoms with Gasteiger partial charge in [0, 0.05) is 19.8 Å². The van der Waals surface area contributed by atoms with Gasteiger partial charge in [-0.15, -0.1) is 18.8 Å². The fourth-order valence-electron chi connectivity index (χ4n) is 1.71. The van der Waals surface area contributed by atoms with Gasteiger partial charge in [0.15, 0.2) is 0 Å². The van der Waals surface area contributed by atoms with Gasteiger partial charge in [-0.1, -0.05) is 31.4 Å². The molecular formula is C17H26ClNO2. The Bertz CT molecular complexity index is 387. The highest BCUT2D eigenvalue weighted by molar-refractivity contribution is 5.85. The minimum Gasteiger partial charge on any atom is -0.481 e. The Morgan fingerprint density at radius 2 is 1.86 bits per heavy atom. The van der Waals surface area contributed by atoms with Crippen molar-refractivity contribution in [1.82, 2.24) is 5.32 Å². The van der Waals surface area contributed by atoms with E-state index in [1.807, 2.05) is 12.1 Å². The van der Waals surface area contributed by atoms with Crippen LogP contribution in [0.1, 0.15) is 31.7 Å². The van der Waals surface area contributed by atoms with Gasteiger partial charge in [-0.2, -0.15) is 0 Å². The first-order chi connectivity index (χ1) is 9.86. The fraction of sp³-hybridized carbons (Fsp3) is 0.529. The summed E-state index contributed by atoms with van der Waals surface area (Å²) in [6, 6.07) is 8.00. The molecule has 0 saturated carbocycles. The van der Waals surface area contributed by atoms with Crippen LogP contribution in [0.3, 0.4) is 0 Å². The van der Waals surface area contributed by atoms with Crippen molar-refractivity contribution >= 4 is 12.4 Å². The zero-order valence-electron chi connectivity index (χ0n) is 12.8. The molecule has 0 aliphatic carbocycles. The number of benzene rings is 1. The largest absolute Gasteiger partial charge is 0.481 e. The summed E-state index contributed by atoms with van der Waals surface area (Å²) in [5.74, 6) is 3.27. The van der Waals surface area contributed by atoms with Gasteiger partial charge < -0.3 is 14.8 Å². The molecule has 0 atom stereocenters. The Kier molecular flexibility index (Phi) is 13.0. The van der Waals surface area contributed by atoms with E-state index in [4.69, 9.17) is 15.9 Å². The van der Waals surface area contributed by atoms with Crippen molar-refractivity contribution in [3.63, 3.8) is 0 Å². The first-order valence-electron chi connectivity index (χ1n) is 7.30. The van der Waals surface area contributed by atoms with Crippen LogP contribution in [0.4, 0.5) is 0 Å². The smallest absolute Gasteiger partial charge is 0.148 e. The van der Waals surface area contributed by atoms with Gasteiger partial charge >= 0.3 is 0 Å². The molecular weight excluding hydrogens is 286 g/mol. The van der Waals surface area contributed by atoms with Crippen LogP contribution < -0.4 is 10.1 Å². The second-order valence-corrected chi connectivity index (χ2v) is 4.63. The topological polar surface area (TPSA) is 30.5 Å². The van der Waals surface area contributed by atoms with Gasteiger partial charge in [-0.3, -0.25) is 0 Å². The van der Waals surface area contributed by atoms with E-state index in [9.17, 15) is 0 Å². The first kappa shape index (κ1) is 19.8. The highest BCUT2D eigenvalue weighted by Gasteiger charge is 1.95. The van der Waals surface area contributed by atoms with Crippen molar-refractivity contribution in [2.75, 3.05) is 26.4 Å². The standard InChI is InChI=1S/C17H25NO2.ClH/c1-3-5-13-19-14-6-11-18-15-16-7-9-17(10-8-16)20-12-4-2;/h2,7-10,18H,3,5-6,11-15H2,1H3;1H. The highest BCUT2D eigenvalue weighted by atomic mass is 35.5. The van der Waals surface area contributed by atoms with Crippen molar-refractivity contribution in [3.05, 3.63) is 29.8 Å². The third-order valence-electron chi connectivity index (χ3n) is 2.86. The number of hydrogen-bond acceptors (Lipinski definition) is 3. The van der Waals surface area contributed by atoms with E-state index in [-0.39, 0.29) is 12.4 Å². The van der Waals surface area contributed by atoms with Gasteiger partial charge in [0.25, 0.3) is 0 Å². The summed E-state index contributed by atoms with van der Waals surface area (Å²) < 4.78 is 10.8. The van der Waals surface area contributed by atoms with Gasteiger partial charge in [-0.25, -0.2) is 0 Å². The zero-order valence-corrected chi connectivity index (χ0v) is 13.6. The van der Waals surface area contributed by atoms with E-state index in [0.29, 0.717) is 6.61 Å². The van der Waals surface area contributed by atoms with Gasteiger partial charge in [0.2, 0.25) is 0 Å². The Labute approximate surface area is 134 Å². The van der Waals surface area contributed by atoms with Crippen LogP contribution in [0.5, 0.6) is 5.75 Å². The molecule has 0 fully saturated rings. The SMILES string of the molecule is C#CCOc1ccc(CNCCCOCCCC)cc1.Cl. The Morgan fingerprint density at radius 1 is 1.14 bits per heavy atom. The molecule has 3 nitrogen and oxygen atoms in total. The lowest BCUT2D eigenvalue weighted by atomic mass is 10.2. The average molecular weight is 312 g/mol. The Hall–Kier alpha value is -1.21. The quantitative estimate of drug-likeness (QED) is 0.502. The molecule has 1 N–H and O–H groups in total. The maximum atomic E-state index is 5.51. The Morgan fingerprint density at radius 3 is 2.52 bits per heavy atom. The second-order valence-electron chi connectivity index (χ2n) is 4.63. The lowest BCUT2D eigenvalue weighted by Gasteiger charge is -2.07. The van der Waals surface area contributed by atoms with Crippen LogP contribution in [-0.2, 0) is 11.3 Å². The molecule has 0 unspecified atom stereocenters. The molecule has 0 bridgehead atoms. The highest BCUT2D eigenvalue weighted by Crippen LogP contribution is 2.11. The maximum Gasteiger partial charge on any atom is 0.148 e. The number of nitrogens with one attached hydrogen (secondary N) is 1. The van der Waals surface area contributed by atoms with Gasteiger partial charge in [0.05, 0.1) is 0 Å². The number of rotatable bonds is 11. The summed E-state index contributed by atoms with van der Waals surface area (Å²) in [7, 11) is 0. The van der Waals surface area contributed by atoms with E-state index in [2.05, 4.69) is 30.3 Å². The molecule has 1 rings (SSSR count). The molecule has 0 aromatic heterocycles. The lowest BCUT2D eigenvalue weighted by molar-refractivity contribution is 0.129. The molecule has 1 aromatic rings. The van der Waals surface area contributed by atoms with Crippen LogP contribution >= 0.6 is 12.4 Å². The molecule has 1 aromatic carbocycles. The predicted octanol–water partition coefficient (Wildman–Crippen LogP) is 3.42. The van der Waals surface area contributed by atoms with E-state index < -0.39 is 0 Å². The molecule has 21 heavy (non-hydrogen) atoms. The molecule has 4 heteroatoms. The third kappa shape index (κ3) is 10.2. The van der Waals surface area contributed by atoms with Crippen molar-refractivity contribution < 1.29 is 9.47 Å². The van der Waals surface area contributed by atoms with E-state index in [0.717, 1.165) is 44.9 Å². The molecule has 0 amide bonds. The first-order valence-corrected chi connectivity index (χ1v) is 7.30. The molecule has 0 saturated heterocycles. The molecule has 0 spiro atoms. The van der Waals surface area contributed by atoms with Crippen LogP contribution in [0.25, 0.3) is 0 Å². The second kappa shape index (κ2) is 13.8. The monoisotopic (exact) mass is 311 g/mol. The fourth-order valence-corrected chi connectivity index (χ4v) is 1.71.